The zero-order chi connectivity index (χ0) is 14.1. The molecule has 1 amide bonds. The van der Waals surface area contributed by atoms with Crippen LogP contribution in [0.3, 0.4) is 0 Å². The zero-order valence-electron chi connectivity index (χ0n) is 11.3. The smallest absolute Gasteiger partial charge is 0.251 e. The SMILES string of the molecule is Cc1cscc1C(Cl)c1ccc2c(c1)C(=O)NCCC2. The van der Waals surface area contributed by atoms with Crippen molar-refractivity contribution in [1.82, 2.24) is 5.32 Å². The van der Waals surface area contributed by atoms with Gasteiger partial charge in [0.2, 0.25) is 0 Å². The van der Waals surface area contributed by atoms with Crippen molar-refractivity contribution < 1.29 is 4.79 Å². The van der Waals surface area contributed by atoms with Crippen molar-refractivity contribution in [2.75, 3.05) is 6.54 Å². The first-order chi connectivity index (χ1) is 9.66. The minimum absolute atomic E-state index is 0.0188. The molecule has 4 heteroatoms. The summed E-state index contributed by atoms with van der Waals surface area (Å²) >= 11 is 8.24. The molecule has 0 saturated heterocycles. The lowest BCUT2D eigenvalue weighted by Gasteiger charge is -2.13. The maximum Gasteiger partial charge on any atom is 0.251 e. The maximum atomic E-state index is 12.1. The van der Waals surface area contributed by atoms with E-state index >= 15 is 0 Å². The minimum atomic E-state index is -0.192. The molecular formula is C16H16ClNOS. The van der Waals surface area contributed by atoms with E-state index in [2.05, 4.69) is 23.0 Å². The van der Waals surface area contributed by atoms with Crippen LogP contribution in [-0.2, 0) is 6.42 Å². The number of thiophene rings is 1. The molecular weight excluding hydrogens is 290 g/mol. The normalized spacial score (nSPS) is 16.2. The predicted molar refractivity (Wildman–Crippen MR) is 83.8 cm³/mol. The van der Waals surface area contributed by atoms with Crippen LogP contribution >= 0.6 is 22.9 Å². The second kappa shape index (κ2) is 5.58. The van der Waals surface area contributed by atoms with Gasteiger partial charge in [-0.1, -0.05) is 12.1 Å². The average Bonchev–Trinajstić information content (AvgIpc) is 2.79. The van der Waals surface area contributed by atoms with E-state index in [1.165, 1.54) is 5.56 Å². The molecule has 0 bridgehead atoms. The molecule has 0 fully saturated rings. The molecule has 1 atom stereocenters. The van der Waals surface area contributed by atoms with E-state index in [0.717, 1.165) is 41.6 Å². The summed E-state index contributed by atoms with van der Waals surface area (Å²) in [4.78, 5) is 12.1. The Balaban J connectivity index is 2.00. The number of hydrogen-bond donors (Lipinski definition) is 1. The lowest BCUT2D eigenvalue weighted by Crippen LogP contribution is -2.22. The van der Waals surface area contributed by atoms with Gasteiger partial charge in [0.1, 0.15) is 0 Å². The first-order valence-corrected chi connectivity index (χ1v) is 8.12. The molecule has 0 radical (unpaired) electrons. The fourth-order valence-corrected chi connectivity index (χ4v) is 3.89. The van der Waals surface area contributed by atoms with Crippen molar-refractivity contribution in [1.29, 1.82) is 0 Å². The number of fused-ring (bicyclic) bond motifs is 1. The van der Waals surface area contributed by atoms with Crippen LogP contribution < -0.4 is 5.32 Å². The number of halogens is 1. The van der Waals surface area contributed by atoms with Gasteiger partial charge in [-0.3, -0.25) is 4.79 Å². The summed E-state index contributed by atoms with van der Waals surface area (Å²) < 4.78 is 0. The van der Waals surface area contributed by atoms with Crippen molar-refractivity contribution in [3.8, 4) is 0 Å². The summed E-state index contributed by atoms with van der Waals surface area (Å²) in [6, 6.07) is 6.05. The van der Waals surface area contributed by atoms with E-state index in [-0.39, 0.29) is 11.3 Å². The van der Waals surface area contributed by atoms with Crippen molar-refractivity contribution in [3.63, 3.8) is 0 Å². The van der Waals surface area contributed by atoms with Crippen LogP contribution in [0, 0.1) is 6.92 Å². The highest BCUT2D eigenvalue weighted by Gasteiger charge is 2.19. The predicted octanol–water partition coefficient (Wildman–Crippen LogP) is 4.06. The zero-order valence-corrected chi connectivity index (χ0v) is 12.9. The van der Waals surface area contributed by atoms with Crippen LogP contribution in [0.5, 0.6) is 0 Å². The Morgan fingerprint density at radius 2 is 2.20 bits per heavy atom. The summed E-state index contributed by atoms with van der Waals surface area (Å²) in [5.41, 5.74) is 5.22. The Morgan fingerprint density at radius 1 is 1.35 bits per heavy atom. The first kappa shape index (κ1) is 13.7. The van der Waals surface area contributed by atoms with E-state index in [0.29, 0.717) is 0 Å². The van der Waals surface area contributed by atoms with Crippen LogP contribution in [0.25, 0.3) is 0 Å². The lowest BCUT2D eigenvalue weighted by atomic mass is 9.97. The standard InChI is InChI=1S/C16H16ClNOS/c1-10-8-20-9-14(10)15(17)12-5-4-11-3-2-6-18-16(19)13(11)7-12/h4-5,7-9,15H,2-3,6H2,1H3,(H,18,19). The van der Waals surface area contributed by atoms with Crippen molar-refractivity contribution >= 4 is 28.8 Å². The molecule has 1 N–H and O–H groups in total. The van der Waals surface area contributed by atoms with Crippen molar-refractivity contribution in [2.24, 2.45) is 0 Å². The van der Waals surface area contributed by atoms with Crippen LogP contribution in [0.15, 0.2) is 29.0 Å². The number of carbonyl (C=O) groups is 1. The summed E-state index contributed by atoms with van der Waals surface area (Å²) in [5.74, 6) is 0.0188. The molecule has 104 valence electrons. The molecule has 1 aromatic carbocycles. The Bertz CT molecular complexity index is 650. The van der Waals surface area contributed by atoms with Gasteiger partial charge in [-0.05, 0) is 58.8 Å². The fraction of sp³-hybridized carbons (Fsp3) is 0.312. The number of rotatable bonds is 2. The lowest BCUT2D eigenvalue weighted by molar-refractivity contribution is 0.0956. The van der Waals surface area contributed by atoms with Gasteiger partial charge in [0.15, 0.2) is 0 Å². The summed E-state index contributed by atoms with van der Waals surface area (Å²) in [6.45, 7) is 2.81. The monoisotopic (exact) mass is 305 g/mol. The van der Waals surface area contributed by atoms with E-state index in [4.69, 9.17) is 11.6 Å². The molecule has 1 unspecified atom stereocenters. The van der Waals surface area contributed by atoms with Crippen LogP contribution in [0.2, 0.25) is 0 Å². The highest BCUT2D eigenvalue weighted by Crippen LogP contribution is 2.34. The van der Waals surface area contributed by atoms with Gasteiger partial charge in [-0.15, -0.1) is 11.6 Å². The Hall–Kier alpha value is -1.32. The van der Waals surface area contributed by atoms with E-state index in [1.807, 2.05) is 18.2 Å². The van der Waals surface area contributed by atoms with Gasteiger partial charge in [0.05, 0.1) is 5.38 Å². The molecule has 0 spiro atoms. The molecule has 3 rings (SSSR count). The van der Waals surface area contributed by atoms with Crippen LogP contribution in [0.1, 0.15) is 44.4 Å². The van der Waals surface area contributed by atoms with E-state index < -0.39 is 0 Å². The third-order valence-corrected chi connectivity index (χ3v) is 5.11. The van der Waals surface area contributed by atoms with Gasteiger partial charge < -0.3 is 5.32 Å². The van der Waals surface area contributed by atoms with E-state index in [9.17, 15) is 4.79 Å². The number of nitrogens with one attached hydrogen (secondary N) is 1. The number of amides is 1. The number of aryl methyl sites for hydroxylation is 2. The Labute approximate surface area is 127 Å². The van der Waals surface area contributed by atoms with Crippen LogP contribution in [0.4, 0.5) is 0 Å². The maximum absolute atomic E-state index is 12.1. The largest absolute Gasteiger partial charge is 0.352 e. The van der Waals surface area contributed by atoms with Gasteiger partial charge in [0, 0.05) is 12.1 Å². The molecule has 20 heavy (non-hydrogen) atoms. The van der Waals surface area contributed by atoms with Crippen LogP contribution in [-0.4, -0.2) is 12.5 Å². The average molecular weight is 306 g/mol. The summed E-state index contributed by atoms with van der Waals surface area (Å²) in [7, 11) is 0. The molecule has 0 aliphatic carbocycles. The molecule has 2 nitrogen and oxygen atoms in total. The highest BCUT2D eigenvalue weighted by molar-refractivity contribution is 7.08. The minimum Gasteiger partial charge on any atom is -0.352 e. The number of carbonyl (C=O) groups excluding carboxylic acids is 1. The van der Waals surface area contributed by atoms with Gasteiger partial charge in [-0.25, -0.2) is 0 Å². The Morgan fingerprint density at radius 3 is 2.95 bits per heavy atom. The third-order valence-electron chi connectivity index (χ3n) is 3.75. The summed E-state index contributed by atoms with van der Waals surface area (Å²) in [5, 5.41) is 6.92. The molecule has 1 aromatic heterocycles. The van der Waals surface area contributed by atoms with Gasteiger partial charge in [-0.2, -0.15) is 11.3 Å². The molecule has 0 saturated carbocycles. The first-order valence-electron chi connectivity index (χ1n) is 6.74. The molecule has 1 aliphatic heterocycles. The second-order valence-electron chi connectivity index (χ2n) is 5.15. The summed E-state index contributed by atoms with van der Waals surface area (Å²) in [6.07, 6.45) is 1.94. The van der Waals surface area contributed by atoms with Crippen molar-refractivity contribution in [3.05, 3.63) is 56.8 Å². The number of hydrogen-bond acceptors (Lipinski definition) is 2. The molecule has 2 aromatic rings. The number of alkyl halides is 1. The molecule has 1 aliphatic rings. The molecule has 2 heterocycles. The third kappa shape index (κ3) is 2.48. The van der Waals surface area contributed by atoms with Gasteiger partial charge >= 0.3 is 0 Å². The van der Waals surface area contributed by atoms with Gasteiger partial charge in [0.25, 0.3) is 5.91 Å². The highest BCUT2D eigenvalue weighted by atomic mass is 35.5. The van der Waals surface area contributed by atoms with E-state index in [1.54, 1.807) is 11.3 Å². The topological polar surface area (TPSA) is 29.1 Å². The van der Waals surface area contributed by atoms with Crippen molar-refractivity contribution in [2.45, 2.75) is 25.1 Å². The fourth-order valence-electron chi connectivity index (χ4n) is 2.57. The number of benzene rings is 1. The second-order valence-corrected chi connectivity index (χ2v) is 6.33. The Kier molecular flexibility index (Phi) is 3.81. The quantitative estimate of drug-likeness (QED) is 0.833.